The standard InChI is InChI=1S/C17H15N3O/c18-12-13-4-5-14-6-7-20(17(14)10-13)8-9-21-16-3-1-2-15(19)11-16/h1-7,10-11H,8-9,19H2. The van der Waals surface area contributed by atoms with Crippen molar-refractivity contribution < 1.29 is 4.74 Å². The number of hydrogen-bond donors (Lipinski definition) is 1. The van der Waals surface area contributed by atoms with E-state index in [4.69, 9.17) is 15.7 Å². The number of rotatable bonds is 4. The molecule has 2 aromatic carbocycles. The summed E-state index contributed by atoms with van der Waals surface area (Å²) in [5.41, 5.74) is 8.12. The minimum atomic E-state index is 0.546. The van der Waals surface area contributed by atoms with Gasteiger partial charge in [-0.25, -0.2) is 0 Å². The molecule has 0 amide bonds. The molecule has 3 rings (SSSR count). The second kappa shape index (κ2) is 5.59. The van der Waals surface area contributed by atoms with Crippen LogP contribution in [0.3, 0.4) is 0 Å². The number of hydrogen-bond acceptors (Lipinski definition) is 3. The van der Waals surface area contributed by atoms with E-state index in [0.29, 0.717) is 24.4 Å². The van der Waals surface area contributed by atoms with Crippen molar-refractivity contribution in [3.63, 3.8) is 0 Å². The second-order valence-corrected chi connectivity index (χ2v) is 4.82. The third-order valence-corrected chi connectivity index (χ3v) is 3.36. The van der Waals surface area contributed by atoms with Crippen LogP contribution in [0.5, 0.6) is 5.75 Å². The van der Waals surface area contributed by atoms with Crippen molar-refractivity contribution in [2.75, 3.05) is 12.3 Å². The summed E-state index contributed by atoms with van der Waals surface area (Å²) in [4.78, 5) is 0. The Kier molecular flexibility index (Phi) is 3.48. The van der Waals surface area contributed by atoms with Crippen molar-refractivity contribution in [1.29, 1.82) is 5.26 Å². The minimum absolute atomic E-state index is 0.546. The van der Waals surface area contributed by atoms with E-state index in [0.717, 1.165) is 16.7 Å². The van der Waals surface area contributed by atoms with E-state index in [9.17, 15) is 0 Å². The summed E-state index contributed by atoms with van der Waals surface area (Å²) in [6, 6.07) is 17.3. The van der Waals surface area contributed by atoms with Gasteiger partial charge in [0.1, 0.15) is 12.4 Å². The molecule has 0 bridgehead atoms. The monoisotopic (exact) mass is 277 g/mol. The van der Waals surface area contributed by atoms with Gasteiger partial charge in [-0.1, -0.05) is 12.1 Å². The highest BCUT2D eigenvalue weighted by Crippen LogP contribution is 2.18. The van der Waals surface area contributed by atoms with E-state index >= 15 is 0 Å². The van der Waals surface area contributed by atoms with Crippen molar-refractivity contribution in [1.82, 2.24) is 4.57 Å². The number of nitrogens with two attached hydrogens (primary N) is 1. The molecule has 4 heteroatoms. The van der Waals surface area contributed by atoms with E-state index in [1.54, 1.807) is 0 Å². The number of ether oxygens (including phenoxy) is 1. The quantitative estimate of drug-likeness (QED) is 0.745. The molecule has 1 aromatic heterocycles. The van der Waals surface area contributed by atoms with Crippen molar-refractivity contribution >= 4 is 16.6 Å². The summed E-state index contributed by atoms with van der Waals surface area (Å²) in [5.74, 6) is 0.768. The molecule has 0 aliphatic heterocycles. The lowest BCUT2D eigenvalue weighted by Crippen LogP contribution is -2.07. The second-order valence-electron chi connectivity index (χ2n) is 4.82. The predicted molar refractivity (Wildman–Crippen MR) is 83.0 cm³/mol. The number of anilines is 1. The molecule has 1 heterocycles. The maximum Gasteiger partial charge on any atom is 0.121 e. The van der Waals surface area contributed by atoms with Crippen molar-refractivity contribution in [3.8, 4) is 11.8 Å². The third-order valence-electron chi connectivity index (χ3n) is 3.36. The molecule has 3 aromatic rings. The highest BCUT2D eigenvalue weighted by atomic mass is 16.5. The lowest BCUT2D eigenvalue weighted by Gasteiger charge is -2.09. The van der Waals surface area contributed by atoms with Gasteiger partial charge in [-0.15, -0.1) is 0 Å². The number of fused-ring (bicyclic) bond motifs is 1. The lowest BCUT2D eigenvalue weighted by atomic mass is 10.2. The van der Waals surface area contributed by atoms with Crippen LogP contribution in [0.4, 0.5) is 5.69 Å². The predicted octanol–water partition coefficient (Wildman–Crippen LogP) is 3.17. The fourth-order valence-corrected chi connectivity index (χ4v) is 2.31. The Labute approximate surface area is 123 Å². The Morgan fingerprint density at radius 3 is 2.86 bits per heavy atom. The molecule has 0 spiro atoms. The van der Waals surface area contributed by atoms with Gasteiger partial charge in [-0.2, -0.15) is 5.26 Å². The molecule has 2 N–H and O–H groups in total. The van der Waals surface area contributed by atoms with E-state index in [-0.39, 0.29) is 0 Å². The number of nitrogen functional groups attached to an aromatic ring is 1. The van der Waals surface area contributed by atoms with Crippen molar-refractivity contribution in [2.45, 2.75) is 6.54 Å². The van der Waals surface area contributed by atoms with Crippen LogP contribution >= 0.6 is 0 Å². The Bertz CT molecular complexity index is 814. The summed E-state index contributed by atoms with van der Waals surface area (Å²) in [7, 11) is 0. The van der Waals surface area contributed by atoms with Gasteiger partial charge in [0.2, 0.25) is 0 Å². The molecular formula is C17H15N3O. The molecular weight excluding hydrogens is 262 g/mol. The van der Waals surface area contributed by atoms with Gasteiger partial charge in [0.25, 0.3) is 0 Å². The van der Waals surface area contributed by atoms with Gasteiger partial charge in [-0.3, -0.25) is 0 Å². The number of benzene rings is 2. The molecule has 0 radical (unpaired) electrons. The molecule has 4 nitrogen and oxygen atoms in total. The van der Waals surface area contributed by atoms with Crippen LogP contribution in [0.15, 0.2) is 54.7 Å². The fraction of sp³-hybridized carbons (Fsp3) is 0.118. The van der Waals surface area contributed by atoms with Crippen LogP contribution in [0.1, 0.15) is 5.56 Å². The van der Waals surface area contributed by atoms with Gasteiger partial charge in [0.05, 0.1) is 18.2 Å². The Morgan fingerprint density at radius 2 is 2.05 bits per heavy atom. The average Bonchev–Trinajstić information content (AvgIpc) is 2.90. The molecule has 0 saturated carbocycles. The maximum atomic E-state index is 8.98. The topological polar surface area (TPSA) is 64.0 Å². The fourth-order valence-electron chi connectivity index (χ4n) is 2.31. The molecule has 21 heavy (non-hydrogen) atoms. The largest absolute Gasteiger partial charge is 0.492 e. The van der Waals surface area contributed by atoms with E-state index in [1.807, 2.05) is 54.7 Å². The minimum Gasteiger partial charge on any atom is -0.492 e. The van der Waals surface area contributed by atoms with E-state index in [2.05, 4.69) is 10.6 Å². The molecule has 0 saturated heterocycles. The van der Waals surface area contributed by atoms with Crippen LogP contribution in [0.2, 0.25) is 0 Å². The molecule has 104 valence electrons. The Balaban J connectivity index is 1.72. The van der Waals surface area contributed by atoms with E-state index in [1.165, 1.54) is 0 Å². The van der Waals surface area contributed by atoms with Crippen molar-refractivity contribution in [3.05, 3.63) is 60.3 Å². The first kappa shape index (κ1) is 13.1. The Hall–Kier alpha value is -2.93. The Morgan fingerprint density at radius 1 is 1.14 bits per heavy atom. The van der Waals surface area contributed by atoms with Gasteiger partial charge in [-0.05, 0) is 35.7 Å². The zero-order valence-corrected chi connectivity index (χ0v) is 11.5. The first-order valence-electron chi connectivity index (χ1n) is 6.73. The number of nitrogens with zero attached hydrogens (tertiary/aromatic N) is 2. The molecule has 0 aliphatic carbocycles. The normalized spacial score (nSPS) is 10.4. The van der Waals surface area contributed by atoms with Crippen molar-refractivity contribution in [2.24, 2.45) is 0 Å². The van der Waals surface area contributed by atoms with E-state index < -0.39 is 0 Å². The van der Waals surface area contributed by atoms with Gasteiger partial charge >= 0.3 is 0 Å². The van der Waals surface area contributed by atoms with Gasteiger partial charge < -0.3 is 15.0 Å². The van der Waals surface area contributed by atoms with Crippen LogP contribution in [0.25, 0.3) is 10.9 Å². The van der Waals surface area contributed by atoms with Crippen LogP contribution in [0, 0.1) is 11.3 Å². The maximum absolute atomic E-state index is 8.98. The molecule has 0 fully saturated rings. The lowest BCUT2D eigenvalue weighted by molar-refractivity contribution is 0.300. The summed E-state index contributed by atoms with van der Waals surface area (Å²) < 4.78 is 7.79. The highest BCUT2D eigenvalue weighted by molar-refractivity contribution is 5.81. The zero-order valence-electron chi connectivity index (χ0n) is 11.5. The smallest absolute Gasteiger partial charge is 0.121 e. The molecule has 0 atom stereocenters. The average molecular weight is 277 g/mol. The first-order chi connectivity index (χ1) is 10.3. The number of aromatic nitrogens is 1. The highest BCUT2D eigenvalue weighted by Gasteiger charge is 2.03. The third kappa shape index (κ3) is 2.82. The van der Waals surface area contributed by atoms with Gasteiger partial charge in [0.15, 0.2) is 0 Å². The van der Waals surface area contributed by atoms with Crippen LogP contribution in [-0.4, -0.2) is 11.2 Å². The molecule has 0 aliphatic rings. The summed E-state index contributed by atoms with van der Waals surface area (Å²) in [6.45, 7) is 1.26. The zero-order chi connectivity index (χ0) is 14.7. The molecule has 0 unspecified atom stereocenters. The number of nitriles is 1. The van der Waals surface area contributed by atoms with Gasteiger partial charge in [0, 0.05) is 23.5 Å². The van der Waals surface area contributed by atoms with Crippen LogP contribution in [-0.2, 0) is 6.54 Å². The van der Waals surface area contributed by atoms with Crippen LogP contribution < -0.4 is 10.5 Å². The summed E-state index contributed by atoms with van der Waals surface area (Å²) in [6.07, 6.45) is 2.01. The SMILES string of the molecule is N#Cc1ccc2ccn(CCOc3cccc(N)c3)c2c1. The summed E-state index contributed by atoms with van der Waals surface area (Å²) >= 11 is 0. The first-order valence-corrected chi connectivity index (χ1v) is 6.73. The summed E-state index contributed by atoms with van der Waals surface area (Å²) in [5, 5.41) is 10.1.